The van der Waals surface area contributed by atoms with E-state index in [1.807, 2.05) is 18.2 Å². The molecule has 3 aromatic rings. The Bertz CT molecular complexity index is 1250. The number of rotatable bonds is 5. The molecule has 1 aromatic carbocycles. The average molecular weight is 469 g/mol. The number of aromatic nitrogens is 3. The summed E-state index contributed by atoms with van der Waals surface area (Å²) in [7, 11) is -3.31. The lowest BCUT2D eigenvalue weighted by Crippen LogP contribution is -2.76. The third-order valence-corrected chi connectivity index (χ3v) is 9.58. The minimum atomic E-state index is -3.31. The molecule has 0 spiro atoms. The smallest absolute Gasteiger partial charge is 0.282 e. The van der Waals surface area contributed by atoms with E-state index < -0.39 is 15.1 Å². The molecule has 11 heteroatoms. The molecule has 1 amide bonds. The van der Waals surface area contributed by atoms with Crippen LogP contribution in [0.3, 0.4) is 0 Å². The molecule has 3 fully saturated rings. The summed E-state index contributed by atoms with van der Waals surface area (Å²) in [6.07, 6.45) is 3.69. The summed E-state index contributed by atoms with van der Waals surface area (Å²) in [5, 5.41) is 4.26. The van der Waals surface area contributed by atoms with Crippen LogP contribution in [0.2, 0.25) is 5.02 Å². The van der Waals surface area contributed by atoms with E-state index >= 15 is 0 Å². The number of hydrogen-bond acceptors (Lipinski definition) is 8. The molecule has 2 heterocycles. The maximum absolute atomic E-state index is 12.6. The number of nitrogens with one attached hydrogen (secondary N) is 1. The summed E-state index contributed by atoms with van der Waals surface area (Å²) < 4.78 is 28.5. The highest BCUT2D eigenvalue weighted by Gasteiger charge is 2.70. The molecule has 1 atom stereocenters. The number of benzene rings is 1. The number of carbonyl (C=O) groups excluding carboxylic acids is 1. The van der Waals surface area contributed by atoms with Crippen LogP contribution in [0.1, 0.15) is 52.1 Å². The van der Waals surface area contributed by atoms with Gasteiger partial charge >= 0.3 is 0 Å². The summed E-state index contributed by atoms with van der Waals surface area (Å²) in [6, 6.07) is 5.72. The zero-order chi connectivity index (χ0) is 20.6. The van der Waals surface area contributed by atoms with Crippen molar-refractivity contribution in [2.45, 2.75) is 42.4 Å². The van der Waals surface area contributed by atoms with Crippen molar-refractivity contribution in [3.05, 3.63) is 39.1 Å². The van der Waals surface area contributed by atoms with Crippen LogP contribution >= 0.6 is 34.5 Å². The number of nitrogens with zero attached hydrogens (tertiary/aromatic N) is 3. The molecular formula is C18H17ClN4O3S3. The van der Waals surface area contributed by atoms with Gasteiger partial charge in [0.25, 0.3) is 5.91 Å². The van der Waals surface area contributed by atoms with E-state index in [-0.39, 0.29) is 27.7 Å². The standard InChI is InChI=1S/C18H17ClN4O3S3/c1-9(29(2,25)26)13-21-15(28-23-13)14(24)22-18-6-17(7-18,8-18)16-20-11-4-3-10(19)5-12(11)27-16/h3-5,9H,6-8H2,1-2H3,(H,22,24). The first-order chi connectivity index (χ1) is 13.6. The molecule has 0 aliphatic heterocycles. The van der Waals surface area contributed by atoms with Gasteiger partial charge in [-0.2, -0.15) is 4.37 Å². The second kappa shape index (κ2) is 6.19. The number of amides is 1. The molecule has 2 bridgehead atoms. The summed E-state index contributed by atoms with van der Waals surface area (Å²) >= 11 is 8.68. The van der Waals surface area contributed by atoms with Gasteiger partial charge in [-0.15, -0.1) is 11.3 Å². The third kappa shape index (κ3) is 3.08. The molecule has 152 valence electrons. The van der Waals surface area contributed by atoms with E-state index in [1.54, 1.807) is 11.3 Å². The largest absolute Gasteiger partial charge is 0.344 e. The van der Waals surface area contributed by atoms with E-state index in [1.165, 1.54) is 6.92 Å². The first kappa shape index (κ1) is 19.3. The van der Waals surface area contributed by atoms with Crippen molar-refractivity contribution >= 4 is 60.4 Å². The summed E-state index contributed by atoms with van der Waals surface area (Å²) in [5.41, 5.74) is 0.778. The minimum Gasteiger partial charge on any atom is -0.344 e. The Morgan fingerprint density at radius 2 is 2.00 bits per heavy atom. The van der Waals surface area contributed by atoms with Crippen LogP contribution in [0, 0.1) is 0 Å². The molecule has 3 saturated carbocycles. The number of carbonyl (C=O) groups is 1. The third-order valence-electron chi connectivity index (χ3n) is 5.86. The predicted molar refractivity (Wildman–Crippen MR) is 114 cm³/mol. The van der Waals surface area contributed by atoms with E-state index in [2.05, 4.69) is 14.7 Å². The molecule has 29 heavy (non-hydrogen) atoms. The fourth-order valence-corrected chi connectivity index (χ4v) is 6.88. The van der Waals surface area contributed by atoms with Gasteiger partial charge in [0.05, 0.1) is 10.2 Å². The number of halogens is 1. The average Bonchev–Trinajstić information content (AvgIpc) is 3.21. The van der Waals surface area contributed by atoms with Gasteiger partial charge in [-0.05, 0) is 55.9 Å². The Balaban J connectivity index is 1.27. The van der Waals surface area contributed by atoms with Crippen molar-refractivity contribution in [1.82, 2.24) is 19.7 Å². The number of hydrogen-bond donors (Lipinski definition) is 1. The van der Waals surface area contributed by atoms with E-state index in [0.717, 1.165) is 52.3 Å². The minimum absolute atomic E-state index is 0.0422. The molecule has 3 aliphatic rings. The van der Waals surface area contributed by atoms with Crippen LogP contribution < -0.4 is 5.32 Å². The van der Waals surface area contributed by atoms with Gasteiger partial charge in [0.15, 0.2) is 15.7 Å². The molecule has 3 aliphatic carbocycles. The summed E-state index contributed by atoms with van der Waals surface area (Å²) in [4.78, 5) is 21.5. The molecular weight excluding hydrogens is 452 g/mol. The van der Waals surface area contributed by atoms with E-state index in [4.69, 9.17) is 16.6 Å². The number of thiazole rings is 1. The lowest BCUT2D eigenvalue weighted by atomic mass is 9.39. The van der Waals surface area contributed by atoms with Crippen molar-refractivity contribution in [3.8, 4) is 0 Å². The van der Waals surface area contributed by atoms with E-state index in [0.29, 0.717) is 5.02 Å². The molecule has 1 N–H and O–H groups in total. The van der Waals surface area contributed by atoms with Gasteiger partial charge in [0.2, 0.25) is 5.01 Å². The van der Waals surface area contributed by atoms with Gasteiger partial charge in [-0.25, -0.2) is 18.4 Å². The summed E-state index contributed by atoms with van der Waals surface area (Å²) in [6.45, 7) is 1.52. The Morgan fingerprint density at radius 1 is 1.28 bits per heavy atom. The van der Waals surface area contributed by atoms with Gasteiger partial charge in [-0.3, -0.25) is 4.79 Å². The van der Waals surface area contributed by atoms with Gasteiger partial charge < -0.3 is 5.32 Å². The van der Waals surface area contributed by atoms with Crippen LogP contribution in [-0.2, 0) is 15.3 Å². The molecule has 7 nitrogen and oxygen atoms in total. The first-order valence-electron chi connectivity index (χ1n) is 9.01. The highest BCUT2D eigenvalue weighted by atomic mass is 35.5. The van der Waals surface area contributed by atoms with Crippen molar-refractivity contribution in [2.75, 3.05) is 6.26 Å². The quantitative estimate of drug-likeness (QED) is 0.614. The van der Waals surface area contributed by atoms with Crippen molar-refractivity contribution in [3.63, 3.8) is 0 Å². The maximum Gasteiger partial charge on any atom is 0.282 e. The Morgan fingerprint density at radius 3 is 2.69 bits per heavy atom. The Hall–Kier alpha value is -1.62. The molecule has 1 unspecified atom stereocenters. The van der Waals surface area contributed by atoms with E-state index in [9.17, 15) is 13.2 Å². The first-order valence-corrected chi connectivity index (χ1v) is 12.9. The Labute approximate surface area is 180 Å². The SMILES string of the molecule is CC(c1nsc(C(=O)NC23CC(c4nc5ccc(Cl)cc5s4)(C2)C3)n1)S(C)(=O)=O. The van der Waals surface area contributed by atoms with Gasteiger partial charge in [0, 0.05) is 22.2 Å². The molecule has 2 aromatic heterocycles. The zero-order valence-electron chi connectivity index (χ0n) is 15.6. The second-order valence-electron chi connectivity index (χ2n) is 8.11. The van der Waals surface area contributed by atoms with Crippen LogP contribution in [0.5, 0.6) is 0 Å². The van der Waals surface area contributed by atoms with Gasteiger partial charge in [-0.1, -0.05) is 11.6 Å². The highest BCUT2D eigenvalue weighted by molar-refractivity contribution is 7.90. The predicted octanol–water partition coefficient (Wildman–Crippen LogP) is 3.51. The lowest BCUT2D eigenvalue weighted by Gasteiger charge is -2.69. The van der Waals surface area contributed by atoms with Crippen molar-refractivity contribution in [1.29, 1.82) is 0 Å². The monoisotopic (exact) mass is 468 g/mol. The summed E-state index contributed by atoms with van der Waals surface area (Å²) in [5.74, 6) is -0.122. The van der Waals surface area contributed by atoms with Crippen molar-refractivity contribution < 1.29 is 13.2 Å². The zero-order valence-corrected chi connectivity index (χ0v) is 18.8. The molecule has 0 radical (unpaired) electrons. The normalized spacial score (nSPS) is 26.6. The molecule has 6 rings (SSSR count). The van der Waals surface area contributed by atoms with Crippen molar-refractivity contribution in [2.24, 2.45) is 0 Å². The molecule has 0 saturated heterocycles. The van der Waals surface area contributed by atoms with Crippen LogP contribution in [0.15, 0.2) is 18.2 Å². The van der Waals surface area contributed by atoms with Crippen LogP contribution in [0.25, 0.3) is 10.2 Å². The maximum atomic E-state index is 12.6. The van der Waals surface area contributed by atoms with Crippen LogP contribution in [-0.4, -0.2) is 40.5 Å². The van der Waals surface area contributed by atoms with Crippen LogP contribution in [0.4, 0.5) is 0 Å². The Kier molecular flexibility index (Phi) is 4.13. The lowest BCUT2D eigenvalue weighted by molar-refractivity contribution is -0.0807. The second-order valence-corrected chi connectivity index (χ2v) is 12.7. The topological polar surface area (TPSA) is 102 Å². The van der Waals surface area contributed by atoms with Gasteiger partial charge in [0.1, 0.15) is 10.3 Å². The fraction of sp³-hybridized carbons (Fsp3) is 0.444. The number of sulfone groups is 1. The highest BCUT2D eigenvalue weighted by Crippen LogP contribution is 2.68. The number of fused-ring (bicyclic) bond motifs is 1. The fourth-order valence-electron chi connectivity index (χ4n) is 4.25.